The van der Waals surface area contributed by atoms with Crippen molar-refractivity contribution in [2.75, 3.05) is 11.9 Å². The highest BCUT2D eigenvalue weighted by atomic mass is 35.5. The van der Waals surface area contributed by atoms with Gasteiger partial charge in [-0.05, 0) is 24.6 Å². The van der Waals surface area contributed by atoms with E-state index in [2.05, 4.69) is 10.6 Å². The third-order valence-corrected chi connectivity index (χ3v) is 2.89. The van der Waals surface area contributed by atoms with Crippen LogP contribution in [0.15, 0.2) is 30.0 Å². The summed E-state index contributed by atoms with van der Waals surface area (Å²) in [4.78, 5) is 11.6. The van der Waals surface area contributed by atoms with Gasteiger partial charge in [-0.2, -0.15) is 18.4 Å². The molecule has 0 fully saturated rings. The molecular weight excluding hydrogens is 319 g/mol. The molecule has 22 heavy (non-hydrogen) atoms. The van der Waals surface area contributed by atoms with Gasteiger partial charge in [0.25, 0.3) is 5.91 Å². The number of nitrogens with one attached hydrogen (secondary N) is 2. The van der Waals surface area contributed by atoms with Crippen molar-refractivity contribution in [2.24, 2.45) is 0 Å². The van der Waals surface area contributed by atoms with E-state index in [9.17, 15) is 18.0 Å². The summed E-state index contributed by atoms with van der Waals surface area (Å²) in [7, 11) is 0. The van der Waals surface area contributed by atoms with Gasteiger partial charge in [-0.25, -0.2) is 0 Å². The van der Waals surface area contributed by atoms with Gasteiger partial charge in [0, 0.05) is 18.4 Å². The highest BCUT2D eigenvalue weighted by molar-refractivity contribution is 6.31. The summed E-state index contributed by atoms with van der Waals surface area (Å²) in [6, 6.07) is 4.88. The second kappa shape index (κ2) is 7.71. The molecule has 0 bridgehead atoms. The molecule has 0 radical (unpaired) electrons. The maximum atomic E-state index is 12.7. The molecule has 1 amide bonds. The molecule has 0 aliphatic carbocycles. The second-order valence-electron chi connectivity index (χ2n) is 4.26. The number of nitrogens with zero attached hydrogens (tertiary/aromatic N) is 1. The molecule has 4 nitrogen and oxygen atoms in total. The van der Waals surface area contributed by atoms with E-state index < -0.39 is 22.7 Å². The number of anilines is 1. The zero-order valence-corrected chi connectivity index (χ0v) is 12.3. The molecule has 0 aliphatic rings. The number of alkyl halides is 3. The number of carbonyl (C=O) groups excluding carboxylic acids is 1. The minimum atomic E-state index is -4.59. The van der Waals surface area contributed by atoms with E-state index in [0.717, 1.165) is 18.3 Å². The lowest BCUT2D eigenvalue weighted by Gasteiger charge is -2.11. The number of carbonyl (C=O) groups is 1. The SMILES string of the molecule is CCCNC(=O)/C(C#N)=C\Nc1ccc(Cl)c(C(F)(F)F)c1. The molecule has 1 rings (SSSR count). The van der Waals surface area contributed by atoms with E-state index in [1.165, 1.54) is 6.07 Å². The zero-order valence-electron chi connectivity index (χ0n) is 11.6. The monoisotopic (exact) mass is 331 g/mol. The summed E-state index contributed by atoms with van der Waals surface area (Å²) in [6.45, 7) is 2.25. The topological polar surface area (TPSA) is 64.9 Å². The summed E-state index contributed by atoms with van der Waals surface area (Å²) >= 11 is 5.50. The highest BCUT2D eigenvalue weighted by Gasteiger charge is 2.33. The van der Waals surface area contributed by atoms with E-state index >= 15 is 0 Å². The van der Waals surface area contributed by atoms with Gasteiger partial charge in [-0.1, -0.05) is 18.5 Å². The van der Waals surface area contributed by atoms with E-state index in [4.69, 9.17) is 16.9 Å². The molecule has 0 saturated carbocycles. The van der Waals surface area contributed by atoms with Crippen LogP contribution in [-0.2, 0) is 11.0 Å². The summed E-state index contributed by atoms with van der Waals surface area (Å²) in [6.07, 6.45) is -2.84. The Morgan fingerprint density at radius 2 is 2.14 bits per heavy atom. The Kier molecular flexibility index (Phi) is 6.25. The highest BCUT2D eigenvalue weighted by Crippen LogP contribution is 2.36. The van der Waals surface area contributed by atoms with Crippen LogP contribution in [-0.4, -0.2) is 12.5 Å². The van der Waals surface area contributed by atoms with Crippen LogP contribution in [0.25, 0.3) is 0 Å². The first-order chi connectivity index (χ1) is 10.3. The van der Waals surface area contributed by atoms with Crippen molar-refractivity contribution in [3.05, 3.63) is 40.6 Å². The van der Waals surface area contributed by atoms with Crippen LogP contribution in [0.4, 0.5) is 18.9 Å². The largest absolute Gasteiger partial charge is 0.417 e. The summed E-state index contributed by atoms with van der Waals surface area (Å²) < 4.78 is 38.2. The van der Waals surface area contributed by atoms with E-state index in [-0.39, 0.29) is 11.3 Å². The summed E-state index contributed by atoms with van der Waals surface area (Å²) in [5.74, 6) is -0.596. The molecule has 0 aromatic heterocycles. The van der Waals surface area contributed by atoms with Crippen molar-refractivity contribution in [3.63, 3.8) is 0 Å². The number of hydrogen-bond acceptors (Lipinski definition) is 3. The van der Waals surface area contributed by atoms with Crippen molar-refractivity contribution in [1.29, 1.82) is 5.26 Å². The lowest BCUT2D eigenvalue weighted by Crippen LogP contribution is -2.25. The Balaban J connectivity index is 2.93. The molecule has 0 aliphatic heterocycles. The predicted molar refractivity (Wildman–Crippen MR) is 77.1 cm³/mol. The molecule has 0 atom stereocenters. The van der Waals surface area contributed by atoms with Crippen LogP contribution >= 0.6 is 11.6 Å². The fourth-order valence-corrected chi connectivity index (χ4v) is 1.69. The average molecular weight is 332 g/mol. The molecule has 8 heteroatoms. The van der Waals surface area contributed by atoms with Gasteiger partial charge in [-0.3, -0.25) is 4.79 Å². The number of benzene rings is 1. The lowest BCUT2D eigenvalue weighted by molar-refractivity contribution is -0.137. The summed E-state index contributed by atoms with van der Waals surface area (Å²) in [5.41, 5.74) is -1.17. The van der Waals surface area contributed by atoms with Crippen molar-refractivity contribution in [2.45, 2.75) is 19.5 Å². The number of amides is 1. The van der Waals surface area contributed by atoms with Crippen LogP contribution in [0.5, 0.6) is 0 Å². The standard InChI is InChI=1S/C14H13ClF3N3O/c1-2-5-20-13(22)9(7-19)8-21-10-3-4-12(15)11(6-10)14(16,17)18/h3-4,6,8,21H,2,5H2,1H3,(H,20,22)/b9-8-. The molecule has 1 aromatic carbocycles. The zero-order chi connectivity index (χ0) is 16.8. The van der Waals surface area contributed by atoms with Crippen LogP contribution in [0, 0.1) is 11.3 Å². The smallest absolute Gasteiger partial charge is 0.360 e. The van der Waals surface area contributed by atoms with Gasteiger partial charge in [0.2, 0.25) is 0 Å². The summed E-state index contributed by atoms with van der Waals surface area (Å²) in [5, 5.41) is 13.4. The van der Waals surface area contributed by atoms with Gasteiger partial charge in [0.1, 0.15) is 11.6 Å². The fraction of sp³-hybridized carbons (Fsp3) is 0.286. The molecule has 0 saturated heterocycles. The Hall–Kier alpha value is -2.20. The molecule has 2 N–H and O–H groups in total. The van der Waals surface area contributed by atoms with E-state index in [1.54, 1.807) is 6.07 Å². The van der Waals surface area contributed by atoms with Crippen molar-refractivity contribution in [1.82, 2.24) is 5.32 Å². The number of halogens is 4. The van der Waals surface area contributed by atoms with Gasteiger partial charge in [0.05, 0.1) is 10.6 Å². The van der Waals surface area contributed by atoms with Crippen molar-refractivity contribution >= 4 is 23.2 Å². The molecular formula is C14H13ClF3N3O. The van der Waals surface area contributed by atoms with Crippen molar-refractivity contribution in [3.8, 4) is 6.07 Å². The van der Waals surface area contributed by atoms with Gasteiger partial charge in [-0.15, -0.1) is 0 Å². The Morgan fingerprint density at radius 1 is 1.45 bits per heavy atom. The normalized spacial score (nSPS) is 11.7. The Labute approximate surface area is 130 Å². The maximum Gasteiger partial charge on any atom is 0.417 e. The van der Waals surface area contributed by atoms with E-state index in [0.29, 0.717) is 13.0 Å². The van der Waals surface area contributed by atoms with E-state index in [1.807, 2.05) is 6.92 Å². The molecule has 0 unspecified atom stereocenters. The second-order valence-corrected chi connectivity index (χ2v) is 4.67. The average Bonchev–Trinajstić information content (AvgIpc) is 2.46. The third-order valence-electron chi connectivity index (χ3n) is 2.56. The van der Waals surface area contributed by atoms with Crippen molar-refractivity contribution < 1.29 is 18.0 Å². The lowest BCUT2D eigenvalue weighted by atomic mass is 10.2. The molecule has 0 heterocycles. The fourth-order valence-electron chi connectivity index (χ4n) is 1.47. The molecule has 1 aromatic rings. The van der Waals surface area contributed by atoms with Gasteiger partial charge in [0.15, 0.2) is 0 Å². The Morgan fingerprint density at radius 3 is 2.68 bits per heavy atom. The first kappa shape index (κ1) is 17.9. The maximum absolute atomic E-state index is 12.7. The van der Waals surface area contributed by atoms with Crippen LogP contribution in [0.2, 0.25) is 5.02 Å². The van der Waals surface area contributed by atoms with Gasteiger partial charge < -0.3 is 10.6 Å². The number of nitriles is 1. The van der Waals surface area contributed by atoms with Crippen LogP contribution in [0.3, 0.4) is 0 Å². The number of hydrogen-bond donors (Lipinski definition) is 2. The first-order valence-corrected chi connectivity index (χ1v) is 6.69. The van der Waals surface area contributed by atoms with Gasteiger partial charge >= 0.3 is 6.18 Å². The predicted octanol–water partition coefficient (Wildman–Crippen LogP) is 3.70. The van der Waals surface area contributed by atoms with Crippen LogP contribution in [0.1, 0.15) is 18.9 Å². The third kappa shape index (κ3) is 4.97. The molecule has 118 valence electrons. The first-order valence-electron chi connectivity index (χ1n) is 6.31. The Bertz CT molecular complexity index is 621. The quantitative estimate of drug-likeness (QED) is 0.638. The number of rotatable bonds is 5. The van der Waals surface area contributed by atoms with Crippen LogP contribution < -0.4 is 10.6 Å². The minimum absolute atomic E-state index is 0.0627. The minimum Gasteiger partial charge on any atom is -0.360 e. The molecule has 0 spiro atoms.